The van der Waals surface area contributed by atoms with Crippen LogP contribution in [-0.2, 0) is 4.74 Å². The third-order valence-corrected chi connectivity index (χ3v) is 5.07. The molecule has 1 N–H and O–H groups in total. The van der Waals surface area contributed by atoms with E-state index in [4.69, 9.17) is 4.74 Å². The molecule has 2 nitrogen and oxygen atoms in total. The summed E-state index contributed by atoms with van der Waals surface area (Å²) < 4.78 is 6.77. The molecule has 1 aromatic rings. The maximum absolute atomic E-state index is 5.63. The van der Waals surface area contributed by atoms with Crippen LogP contribution in [0.15, 0.2) is 28.7 Å². The van der Waals surface area contributed by atoms with E-state index in [1.807, 2.05) is 7.11 Å². The number of rotatable bonds is 3. The van der Waals surface area contributed by atoms with Crippen molar-refractivity contribution in [3.63, 3.8) is 0 Å². The molecular weight excluding hydrogens is 290 g/mol. The van der Waals surface area contributed by atoms with Crippen LogP contribution in [0.3, 0.4) is 0 Å². The Labute approximate surface area is 118 Å². The highest BCUT2D eigenvalue weighted by molar-refractivity contribution is 9.10. The van der Waals surface area contributed by atoms with Crippen molar-refractivity contribution >= 4 is 15.9 Å². The summed E-state index contributed by atoms with van der Waals surface area (Å²) in [6.45, 7) is 6.66. The zero-order valence-electron chi connectivity index (χ0n) is 11.4. The van der Waals surface area contributed by atoms with E-state index >= 15 is 0 Å². The van der Waals surface area contributed by atoms with E-state index in [9.17, 15) is 0 Å². The number of ether oxygens (including phenoxy) is 1. The molecule has 3 atom stereocenters. The monoisotopic (exact) mass is 311 g/mol. The minimum atomic E-state index is 0.202. The lowest BCUT2D eigenvalue weighted by atomic mass is 9.66. The predicted octanol–water partition coefficient (Wildman–Crippen LogP) is 3.57. The minimum Gasteiger partial charge on any atom is -0.381 e. The highest BCUT2D eigenvalue weighted by atomic mass is 79.9. The maximum atomic E-state index is 5.63. The van der Waals surface area contributed by atoms with Gasteiger partial charge in [0.1, 0.15) is 0 Å². The Morgan fingerprint density at radius 3 is 2.67 bits per heavy atom. The molecule has 0 spiro atoms. The summed E-state index contributed by atoms with van der Waals surface area (Å²) in [5.74, 6) is 0.509. The van der Waals surface area contributed by atoms with Gasteiger partial charge in [0.2, 0.25) is 0 Å². The van der Waals surface area contributed by atoms with E-state index in [1.165, 1.54) is 5.56 Å². The zero-order valence-corrected chi connectivity index (χ0v) is 13.0. The van der Waals surface area contributed by atoms with Gasteiger partial charge in [0.15, 0.2) is 0 Å². The van der Waals surface area contributed by atoms with E-state index in [1.54, 1.807) is 0 Å². The molecule has 0 aromatic heterocycles. The summed E-state index contributed by atoms with van der Waals surface area (Å²) in [6, 6.07) is 8.70. The van der Waals surface area contributed by atoms with Crippen LogP contribution in [0.25, 0.3) is 0 Å². The molecule has 2 rings (SSSR count). The van der Waals surface area contributed by atoms with E-state index in [0.717, 1.165) is 24.0 Å². The molecule has 1 fully saturated rings. The molecule has 0 radical (unpaired) electrons. The first kappa shape index (κ1) is 14.0. The van der Waals surface area contributed by atoms with Gasteiger partial charge in [-0.3, -0.25) is 0 Å². The van der Waals surface area contributed by atoms with Crippen LogP contribution in [0.5, 0.6) is 0 Å². The lowest BCUT2D eigenvalue weighted by Gasteiger charge is -2.45. The van der Waals surface area contributed by atoms with Crippen LogP contribution in [0.4, 0.5) is 0 Å². The highest BCUT2D eigenvalue weighted by Crippen LogP contribution is 2.44. The van der Waals surface area contributed by atoms with E-state index in [0.29, 0.717) is 5.92 Å². The Bertz CT molecular complexity index is 392. The van der Waals surface area contributed by atoms with Crippen molar-refractivity contribution in [2.45, 2.75) is 32.3 Å². The van der Waals surface area contributed by atoms with Gasteiger partial charge in [-0.25, -0.2) is 0 Å². The van der Waals surface area contributed by atoms with Gasteiger partial charge in [0, 0.05) is 29.5 Å². The average Bonchev–Trinajstić information content (AvgIpc) is 2.39. The van der Waals surface area contributed by atoms with Crippen molar-refractivity contribution in [3.05, 3.63) is 34.3 Å². The average molecular weight is 312 g/mol. The highest BCUT2D eigenvalue weighted by Gasteiger charge is 2.41. The molecule has 1 heterocycles. The van der Waals surface area contributed by atoms with E-state index in [2.05, 4.69) is 59.4 Å². The number of hydrogen-bond donors (Lipinski definition) is 1. The van der Waals surface area contributed by atoms with Gasteiger partial charge in [-0.1, -0.05) is 35.0 Å². The fraction of sp³-hybridized carbons (Fsp3) is 0.600. The van der Waals surface area contributed by atoms with E-state index < -0.39 is 0 Å². The van der Waals surface area contributed by atoms with Gasteiger partial charge in [0.05, 0.1) is 6.10 Å². The molecule has 3 heteroatoms. The molecular formula is C15H22BrNO. The summed E-state index contributed by atoms with van der Waals surface area (Å²) in [7, 11) is 1.82. The summed E-state index contributed by atoms with van der Waals surface area (Å²) in [5.41, 5.74) is 1.60. The summed E-state index contributed by atoms with van der Waals surface area (Å²) in [4.78, 5) is 0. The van der Waals surface area contributed by atoms with Crippen LogP contribution in [0, 0.1) is 5.41 Å². The van der Waals surface area contributed by atoms with Crippen molar-refractivity contribution in [2.24, 2.45) is 5.41 Å². The molecule has 1 aromatic carbocycles. The first-order valence-electron chi connectivity index (χ1n) is 6.57. The first-order valence-corrected chi connectivity index (χ1v) is 7.36. The molecule has 1 aliphatic rings. The Morgan fingerprint density at radius 1 is 1.39 bits per heavy atom. The second-order valence-electron chi connectivity index (χ2n) is 5.44. The Morgan fingerprint density at radius 2 is 2.06 bits per heavy atom. The van der Waals surface area contributed by atoms with Crippen LogP contribution < -0.4 is 5.32 Å². The van der Waals surface area contributed by atoms with Gasteiger partial charge < -0.3 is 10.1 Å². The molecule has 0 saturated carbocycles. The number of benzene rings is 1. The smallest absolute Gasteiger partial charge is 0.0603 e. The predicted molar refractivity (Wildman–Crippen MR) is 78.9 cm³/mol. The number of piperidine rings is 1. The molecule has 1 aliphatic heterocycles. The van der Waals surface area contributed by atoms with Crippen LogP contribution >= 0.6 is 15.9 Å². The van der Waals surface area contributed by atoms with Crippen LogP contribution in [0.1, 0.15) is 31.7 Å². The molecule has 3 unspecified atom stereocenters. The second kappa shape index (κ2) is 5.72. The third kappa shape index (κ3) is 2.63. The molecule has 0 bridgehead atoms. The Balaban J connectivity index is 2.30. The second-order valence-corrected chi connectivity index (χ2v) is 6.36. The number of hydrogen-bond acceptors (Lipinski definition) is 2. The van der Waals surface area contributed by atoms with Crippen molar-refractivity contribution < 1.29 is 4.74 Å². The van der Waals surface area contributed by atoms with E-state index in [-0.39, 0.29) is 11.5 Å². The van der Waals surface area contributed by atoms with Gasteiger partial charge in [0.25, 0.3) is 0 Å². The zero-order chi connectivity index (χ0) is 13.2. The molecule has 0 amide bonds. The Kier molecular flexibility index (Phi) is 4.46. The standard InChI is InChI=1S/C15H22BrNO/c1-11(18-3)15(2)8-9-17-10-14(15)12-4-6-13(16)7-5-12/h4-7,11,14,17H,8-10H2,1-3H3. The van der Waals surface area contributed by atoms with Gasteiger partial charge in [-0.2, -0.15) is 0 Å². The molecule has 100 valence electrons. The normalized spacial score (nSPS) is 30.1. The fourth-order valence-corrected chi connectivity index (χ4v) is 3.23. The van der Waals surface area contributed by atoms with Gasteiger partial charge in [-0.15, -0.1) is 0 Å². The molecule has 18 heavy (non-hydrogen) atoms. The van der Waals surface area contributed by atoms with Crippen molar-refractivity contribution in [2.75, 3.05) is 20.2 Å². The summed E-state index contributed by atoms with van der Waals surface area (Å²) in [5, 5.41) is 3.51. The van der Waals surface area contributed by atoms with Crippen LogP contribution in [-0.4, -0.2) is 26.3 Å². The van der Waals surface area contributed by atoms with Crippen LogP contribution in [0.2, 0.25) is 0 Å². The van der Waals surface area contributed by atoms with Crippen molar-refractivity contribution in [1.29, 1.82) is 0 Å². The third-order valence-electron chi connectivity index (χ3n) is 4.54. The molecule has 0 aliphatic carbocycles. The lowest BCUT2D eigenvalue weighted by molar-refractivity contribution is -0.0207. The topological polar surface area (TPSA) is 21.3 Å². The minimum absolute atomic E-state index is 0.202. The summed E-state index contributed by atoms with van der Waals surface area (Å²) >= 11 is 3.50. The summed E-state index contributed by atoms with van der Waals surface area (Å²) in [6.07, 6.45) is 1.43. The SMILES string of the molecule is COC(C)C1(C)CCNCC1c1ccc(Br)cc1. The quantitative estimate of drug-likeness (QED) is 0.921. The van der Waals surface area contributed by atoms with Crippen molar-refractivity contribution in [3.8, 4) is 0 Å². The van der Waals surface area contributed by atoms with Gasteiger partial charge in [-0.05, 0) is 37.6 Å². The lowest BCUT2D eigenvalue weighted by Crippen LogP contribution is -2.48. The number of halogens is 1. The largest absolute Gasteiger partial charge is 0.381 e. The molecule has 1 saturated heterocycles. The fourth-order valence-electron chi connectivity index (χ4n) is 2.96. The first-order chi connectivity index (χ1) is 8.58. The van der Waals surface area contributed by atoms with Crippen molar-refractivity contribution in [1.82, 2.24) is 5.32 Å². The number of methoxy groups -OCH3 is 1. The van der Waals surface area contributed by atoms with Gasteiger partial charge >= 0.3 is 0 Å². The Hall–Kier alpha value is -0.380. The number of nitrogens with one attached hydrogen (secondary N) is 1. The maximum Gasteiger partial charge on any atom is 0.0603 e.